The maximum Gasteiger partial charge on any atom is 0.226 e. The predicted octanol–water partition coefficient (Wildman–Crippen LogP) is 5.19. The maximum atomic E-state index is 13.2. The van der Waals surface area contributed by atoms with Crippen LogP contribution in [-0.2, 0) is 16.2 Å². The molecule has 1 atom stereocenters. The molecule has 0 saturated heterocycles. The molecule has 2 aromatic carbocycles. The quantitative estimate of drug-likeness (QED) is 0.652. The zero-order valence-corrected chi connectivity index (χ0v) is 16.9. The molecule has 0 aromatic heterocycles. The van der Waals surface area contributed by atoms with Gasteiger partial charge in [-0.2, -0.15) is 0 Å². The van der Waals surface area contributed by atoms with Gasteiger partial charge >= 0.3 is 0 Å². The highest BCUT2D eigenvalue weighted by atomic mass is 35.5. The molecule has 2 aliphatic rings. The lowest BCUT2D eigenvalue weighted by molar-refractivity contribution is -0.137. The van der Waals surface area contributed by atoms with Crippen LogP contribution in [0.25, 0.3) is 0 Å². The van der Waals surface area contributed by atoms with Crippen molar-refractivity contribution in [1.29, 1.82) is 0 Å². The third-order valence-electron chi connectivity index (χ3n) is 5.67. The first-order valence-corrected chi connectivity index (χ1v) is 10.5. The number of nitrogens with zero attached hydrogens (tertiary/aromatic N) is 2. The maximum absolute atomic E-state index is 13.2. The van der Waals surface area contributed by atoms with Crippen LogP contribution in [0.5, 0.6) is 0 Å². The first-order chi connectivity index (χ1) is 14.1. The van der Waals surface area contributed by atoms with E-state index in [-0.39, 0.29) is 23.7 Å². The van der Waals surface area contributed by atoms with Gasteiger partial charge in [0.25, 0.3) is 0 Å². The van der Waals surface area contributed by atoms with Crippen LogP contribution in [-0.4, -0.2) is 29.2 Å². The van der Waals surface area contributed by atoms with E-state index in [2.05, 4.69) is 5.16 Å². The monoisotopic (exact) mass is 414 g/mol. The summed E-state index contributed by atoms with van der Waals surface area (Å²) in [4.78, 5) is 20.7. The number of amides is 1. The molecule has 4 nitrogen and oxygen atoms in total. The highest BCUT2D eigenvalue weighted by molar-refractivity contribution is 6.31. The Morgan fingerprint density at radius 3 is 2.59 bits per heavy atom. The average molecular weight is 415 g/mol. The molecule has 1 heterocycles. The van der Waals surface area contributed by atoms with Gasteiger partial charge in [-0.1, -0.05) is 59.9 Å². The largest absolute Gasteiger partial charge is 0.390 e. The van der Waals surface area contributed by atoms with E-state index < -0.39 is 0 Å². The molecule has 152 valence electrons. The van der Waals surface area contributed by atoms with Crippen molar-refractivity contribution in [3.05, 3.63) is 70.5 Å². The van der Waals surface area contributed by atoms with Crippen LogP contribution in [0.2, 0.25) is 5.02 Å². The number of carbonyl (C=O) groups excluding carboxylic acids is 1. The fourth-order valence-electron chi connectivity index (χ4n) is 4.08. The second-order valence-electron chi connectivity index (χ2n) is 7.77. The molecule has 1 amide bonds. The number of halogens is 2. The van der Waals surface area contributed by atoms with E-state index in [1.54, 1.807) is 12.1 Å². The summed E-state index contributed by atoms with van der Waals surface area (Å²) in [7, 11) is 0. The fraction of sp³-hybridized carbons (Fsp3) is 0.391. The minimum atomic E-state index is -0.280. The summed E-state index contributed by atoms with van der Waals surface area (Å²) >= 11 is 6.34. The van der Waals surface area contributed by atoms with Crippen molar-refractivity contribution >= 4 is 23.2 Å². The topological polar surface area (TPSA) is 41.9 Å². The highest BCUT2D eigenvalue weighted by Crippen LogP contribution is 2.29. The van der Waals surface area contributed by atoms with E-state index >= 15 is 0 Å². The summed E-state index contributed by atoms with van der Waals surface area (Å²) < 4.78 is 13.2. The Bertz CT molecular complexity index is 894. The molecule has 1 aliphatic carbocycles. The molecule has 1 saturated carbocycles. The molecule has 0 unspecified atom stereocenters. The molecule has 0 radical (unpaired) electrons. The summed E-state index contributed by atoms with van der Waals surface area (Å²) in [6.07, 6.45) is 4.47. The van der Waals surface area contributed by atoms with E-state index in [0.717, 1.165) is 42.5 Å². The summed E-state index contributed by atoms with van der Waals surface area (Å²) in [6, 6.07) is 13.8. The molecule has 0 spiro atoms. The van der Waals surface area contributed by atoms with Crippen LogP contribution in [0, 0.1) is 11.7 Å². The number of hydrogen-bond acceptors (Lipinski definition) is 3. The minimum Gasteiger partial charge on any atom is -0.390 e. The summed E-state index contributed by atoms with van der Waals surface area (Å²) in [5.41, 5.74) is 2.55. The Labute approximate surface area is 175 Å². The Morgan fingerprint density at radius 2 is 1.86 bits per heavy atom. The molecular formula is C23H24ClFN2O2. The molecular weight excluding hydrogens is 391 g/mol. The lowest BCUT2D eigenvalue weighted by Crippen LogP contribution is -2.40. The lowest BCUT2D eigenvalue weighted by atomic mass is 10.0. The third-order valence-corrected chi connectivity index (χ3v) is 6.04. The molecule has 1 fully saturated rings. The van der Waals surface area contributed by atoms with Crippen molar-refractivity contribution in [3.8, 4) is 0 Å². The number of oxime groups is 1. The second-order valence-corrected chi connectivity index (χ2v) is 8.18. The first kappa shape index (κ1) is 19.9. The lowest BCUT2D eigenvalue weighted by Gasteiger charge is -2.28. The minimum absolute atomic E-state index is 0.0800. The van der Waals surface area contributed by atoms with Gasteiger partial charge in [0.2, 0.25) is 5.91 Å². The van der Waals surface area contributed by atoms with Gasteiger partial charge in [0.05, 0.1) is 12.3 Å². The van der Waals surface area contributed by atoms with Crippen molar-refractivity contribution < 1.29 is 14.0 Å². The van der Waals surface area contributed by atoms with Crippen LogP contribution >= 0.6 is 11.6 Å². The molecule has 0 bridgehead atoms. The zero-order chi connectivity index (χ0) is 20.2. The Hall–Kier alpha value is -2.40. The van der Waals surface area contributed by atoms with Crippen molar-refractivity contribution in [2.45, 2.75) is 44.8 Å². The third kappa shape index (κ3) is 4.78. The Kier molecular flexibility index (Phi) is 6.14. The summed E-state index contributed by atoms with van der Waals surface area (Å²) in [5, 5.41) is 4.84. The molecule has 2 aromatic rings. The first-order valence-electron chi connectivity index (χ1n) is 10.1. The molecule has 6 heteroatoms. The summed E-state index contributed by atoms with van der Waals surface area (Å²) in [6.45, 7) is 0.912. The van der Waals surface area contributed by atoms with Gasteiger partial charge in [-0.05, 0) is 42.2 Å². The number of hydrogen-bond donors (Lipinski definition) is 0. The Balaban J connectivity index is 1.46. The van der Waals surface area contributed by atoms with Crippen LogP contribution in [0.1, 0.15) is 43.2 Å². The zero-order valence-electron chi connectivity index (χ0n) is 16.2. The van der Waals surface area contributed by atoms with Crippen LogP contribution in [0.15, 0.2) is 53.7 Å². The van der Waals surface area contributed by atoms with E-state index in [1.807, 2.05) is 29.2 Å². The van der Waals surface area contributed by atoms with Gasteiger partial charge in [0.15, 0.2) is 6.10 Å². The SMILES string of the molecule is O=C(C1CCCC1)N(Cc1ccccc1Cl)C[C@H]1CC(c2ccc(F)cc2)=NO1. The second kappa shape index (κ2) is 8.95. The van der Waals surface area contributed by atoms with Crippen LogP contribution in [0.3, 0.4) is 0 Å². The van der Waals surface area contributed by atoms with Crippen molar-refractivity contribution in [2.24, 2.45) is 11.1 Å². The van der Waals surface area contributed by atoms with E-state index in [0.29, 0.717) is 24.5 Å². The van der Waals surface area contributed by atoms with Crippen LogP contribution in [0.4, 0.5) is 4.39 Å². The van der Waals surface area contributed by atoms with Crippen LogP contribution < -0.4 is 0 Å². The van der Waals surface area contributed by atoms with Crippen molar-refractivity contribution in [3.63, 3.8) is 0 Å². The van der Waals surface area contributed by atoms with Gasteiger partial charge in [-0.25, -0.2) is 4.39 Å². The molecule has 0 N–H and O–H groups in total. The normalized spacial score (nSPS) is 19.1. The fourth-order valence-corrected chi connectivity index (χ4v) is 4.28. The van der Waals surface area contributed by atoms with Crippen molar-refractivity contribution in [1.82, 2.24) is 4.90 Å². The molecule has 1 aliphatic heterocycles. The van der Waals surface area contributed by atoms with Gasteiger partial charge in [0, 0.05) is 23.9 Å². The van der Waals surface area contributed by atoms with E-state index in [9.17, 15) is 9.18 Å². The van der Waals surface area contributed by atoms with Crippen molar-refractivity contribution in [2.75, 3.05) is 6.54 Å². The summed E-state index contributed by atoms with van der Waals surface area (Å²) in [5.74, 6) is -0.0319. The predicted molar refractivity (Wildman–Crippen MR) is 111 cm³/mol. The highest BCUT2D eigenvalue weighted by Gasteiger charge is 2.31. The molecule has 29 heavy (non-hydrogen) atoms. The van der Waals surface area contributed by atoms with Gasteiger partial charge in [-0.15, -0.1) is 0 Å². The smallest absolute Gasteiger partial charge is 0.226 e. The van der Waals surface area contributed by atoms with E-state index in [4.69, 9.17) is 16.4 Å². The molecule has 4 rings (SSSR count). The van der Waals surface area contributed by atoms with Gasteiger partial charge in [-0.3, -0.25) is 4.79 Å². The average Bonchev–Trinajstić information content (AvgIpc) is 3.41. The number of benzene rings is 2. The standard InChI is InChI=1S/C23H24ClFN2O2/c24-21-8-4-3-7-18(21)14-27(23(28)17-5-1-2-6-17)15-20-13-22(26-29-20)16-9-11-19(25)12-10-16/h3-4,7-12,17,20H,1-2,5-6,13-15H2/t20-/m1/s1. The Morgan fingerprint density at radius 1 is 1.14 bits per heavy atom. The number of rotatable bonds is 6. The number of carbonyl (C=O) groups is 1. The van der Waals surface area contributed by atoms with E-state index in [1.165, 1.54) is 12.1 Å². The van der Waals surface area contributed by atoms with Gasteiger partial charge < -0.3 is 9.74 Å². The van der Waals surface area contributed by atoms with Gasteiger partial charge in [0.1, 0.15) is 5.82 Å².